The summed E-state index contributed by atoms with van der Waals surface area (Å²) in [4.78, 5) is 16.3. The summed E-state index contributed by atoms with van der Waals surface area (Å²) in [5.74, 6) is 1.65. The molecule has 122 valence electrons. The van der Waals surface area contributed by atoms with Gasteiger partial charge in [-0.1, -0.05) is 24.2 Å². The van der Waals surface area contributed by atoms with E-state index in [0.29, 0.717) is 13.1 Å². The van der Waals surface area contributed by atoms with Crippen molar-refractivity contribution in [2.24, 2.45) is 0 Å². The van der Waals surface area contributed by atoms with E-state index in [9.17, 15) is 4.79 Å². The van der Waals surface area contributed by atoms with Gasteiger partial charge in [-0.3, -0.25) is 0 Å². The van der Waals surface area contributed by atoms with Crippen molar-refractivity contribution in [1.29, 1.82) is 0 Å². The maximum Gasteiger partial charge on any atom is 0.321 e. The molecule has 6 nitrogen and oxygen atoms in total. The van der Waals surface area contributed by atoms with Crippen LogP contribution in [0.4, 0.5) is 16.3 Å². The van der Waals surface area contributed by atoms with E-state index in [1.54, 1.807) is 0 Å². The average molecular weight is 314 g/mol. The molecule has 0 spiro atoms. The van der Waals surface area contributed by atoms with Crippen molar-refractivity contribution in [3.05, 3.63) is 41.7 Å². The second kappa shape index (κ2) is 6.73. The number of aryl methyl sites for hydroxylation is 2. The number of hydrogen-bond acceptors (Lipinski definition) is 4. The Kier molecular flexibility index (Phi) is 4.50. The maximum absolute atomic E-state index is 12.3. The molecule has 1 fully saturated rings. The van der Waals surface area contributed by atoms with Crippen LogP contribution in [0.1, 0.15) is 18.2 Å². The highest BCUT2D eigenvalue weighted by molar-refractivity contribution is 5.89. The largest absolute Gasteiger partial charge is 0.360 e. The number of carbonyl (C=O) groups is 1. The van der Waals surface area contributed by atoms with Crippen LogP contribution in [-0.4, -0.2) is 42.3 Å². The molecule has 23 heavy (non-hydrogen) atoms. The van der Waals surface area contributed by atoms with E-state index in [4.69, 9.17) is 4.52 Å². The standard InChI is InChI=1S/C17H22N4O2/c1-3-14-4-6-15(7-5-14)18-17(22)21-10-8-20(9-11-21)16-12-13(2)23-19-16/h4-7,12H,3,8-11H2,1-2H3,(H,18,22). The molecule has 2 aromatic rings. The Morgan fingerprint density at radius 3 is 2.48 bits per heavy atom. The van der Waals surface area contributed by atoms with Gasteiger partial charge in [0, 0.05) is 37.9 Å². The van der Waals surface area contributed by atoms with E-state index >= 15 is 0 Å². The first-order chi connectivity index (χ1) is 11.2. The Morgan fingerprint density at radius 1 is 1.22 bits per heavy atom. The van der Waals surface area contributed by atoms with Crippen LogP contribution in [0.15, 0.2) is 34.9 Å². The number of piperazine rings is 1. The van der Waals surface area contributed by atoms with Gasteiger partial charge in [0.1, 0.15) is 5.76 Å². The number of urea groups is 1. The molecule has 2 heterocycles. The van der Waals surface area contributed by atoms with Crippen molar-refractivity contribution in [2.75, 3.05) is 36.4 Å². The fraction of sp³-hybridized carbons (Fsp3) is 0.412. The lowest BCUT2D eigenvalue weighted by atomic mass is 10.1. The summed E-state index contributed by atoms with van der Waals surface area (Å²) in [5, 5.41) is 6.98. The van der Waals surface area contributed by atoms with Gasteiger partial charge >= 0.3 is 6.03 Å². The normalized spacial score (nSPS) is 14.9. The van der Waals surface area contributed by atoms with E-state index < -0.39 is 0 Å². The van der Waals surface area contributed by atoms with Crippen molar-refractivity contribution in [1.82, 2.24) is 10.1 Å². The summed E-state index contributed by atoms with van der Waals surface area (Å²) in [6.07, 6.45) is 0.998. The van der Waals surface area contributed by atoms with Gasteiger partial charge < -0.3 is 19.6 Å². The third kappa shape index (κ3) is 3.64. The highest BCUT2D eigenvalue weighted by Gasteiger charge is 2.22. The highest BCUT2D eigenvalue weighted by atomic mass is 16.5. The predicted octanol–water partition coefficient (Wildman–Crippen LogP) is 2.90. The van der Waals surface area contributed by atoms with E-state index in [-0.39, 0.29) is 6.03 Å². The van der Waals surface area contributed by atoms with Gasteiger partial charge in [0.05, 0.1) is 0 Å². The lowest BCUT2D eigenvalue weighted by Gasteiger charge is -2.34. The third-order valence-electron chi connectivity index (χ3n) is 4.12. The predicted molar refractivity (Wildman–Crippen MR) is 89.9 cm³/mol. The molecule has 1 aliphatic heterocycles. The number of anilines is 2. The van der Waals surface area contributed by atoms with Crippen LogP contribution in [-0.2, 0) is 6.42 Å². The molecule has 0 atom stereocenters. The molecule has 1 saturated heterocycles. The molecule has 6 heteroatoms. The van der Waals surface area contributed by atoms with Gasteiger partial charge in [-0.2, -0.15) is 0 Å². The number of carbonyl (C=O) groups excluding carboxylic acids is 1. The molecular weight excluding hydrogens is 292 g/mol. The third-order valence-corrected chi connectivity index (χ3v) is 4.12. The van der Waals surface area contributed by atoms with Gasteiger partial charge in [-0.15, -0.1) is 0 Å². The average Bonchev–Trinajstić information content (AvgIpc) is 3.02. The van der Waals surface area contributed by atoms with Gasteiger partial charge in [0.25, 0.3) is 0 Å². The van der Waals surface area contributed by atoms with Crippen molar-refractivity contribution < 1.29 is 9.32 Å². The molecule has 0 bridgehead atoms. The number of nitrogens with zero attached hydrogens (tertiary/aromatic N) is 3. The summed E-state index contributed by atoms with van der Waals surface area (Å²) in [5.41, 5.74) is 2.10. The second-order valence-corrected chi connectivity index (χ2v) is 5.75. The number of aromatic nitrogens is 1. The first-order valence-electron chi connectivity index (χ1n) is 7.99. The number of hydrogen-bond donors (Lipinski definition) is 1. The second-order valence-electron chi connectivity index (χ2n) is 5.75. The van der Waals surface area contributed by atoms with Crippen LogP contribution in [0.25, 0.3) is 0 Å². The van der Waals surface area contributed by atoms with Crippen LogP contribution in [0.3, 0.4) is 0 Å². The summed E-state index contributed by atoms with van der Waals surface area (Å²) in [6, 6.07) is 9.85. The highest BCUT2D eigenvalue weighted by Crippen LogP contribution is 2.17. The Balaban J connectivity index is 1.53. The van der Waals surface area contributed by atoms with Crippen molar-refractivity contribution in [2.45, 2.75) is 20.3 Å². The summed E-state index contributed by atoms with van der Waals surface area (Å²) >= 11 is 0. The topological polar surface area (TPSA) is 61.6 Å². The van der Waals surface area contributed by atoms with Crippen LogP contribution in [0, 0.1) is 6.92 Å². The minimum Gasteiger partial charge on any atom is -0.360 e. The van der Waals surface area contributed by atoms with Crippen LogP contribution >= 0.6 is 0 Å². The number of rotatable bonds is 3. The molecule has 0 unspecified atom stereocenters. The van der Waals surface area contributed by atoms with E-state index in [2.05, 4.69) is 22.3 Å². The Labute approximate surface area is 136 Å². The lowest BCUT2D eigenvalue weighted by molar-refractivity contribution is 0.208. The van der Waals surface area contributed by atoms with Crippen molar-refractivity contribution in [3.8, 4) is 0 Å². The minimum atomic E-state index is -0.0507. The Hall–Kier alpha value is -2.50. The van der Waals surface area contributed by atoms with Crippen LogP contribution in [0.5, 0.6) is 0 Å². The SMILES string of the molecule is CCc1ccc(NC(=O)N2CCN(c3cc(C)on3)CC2)cc1. The maximum atomic E-state index is 12.3. The quantitative estimate of drug-likeness (QED) is 0.946. The number of benzene rings is 1. The summed E-state index contributed by atoms with van der Waals surface area (Å²) < 4.78 is 5.11. The van der Waals surface area contributed by atoms with Gasteiger partial charge in [-0.05, 0) is 31.0 Å². The smallest absolute Gasteiger partial charge is 0.321 e. The number of nitrogens with one attached hydrogen (secondary N) is 1. The van der Waals surface area contributed by atoms with Crippen molar-refractivity contribution >= 4 is 17.5 Å². The summed E-state index contributed by atoms with van der Waals surface area (Å²) in [6.45, 7) is 6.85. The van der Waals surface area contributed by atoms with Gasteiger partial charge in [0.15, 0.2) is 5.82 Å². The summed E-state index contributed by atoms with van der Waals surface area (Å²) in [7, 11) is 0. The van der Waals surface area contributed by atoms with E-state index in [1.807, 2.05) is 42.2 Å². The van der Waals surface area contributed by atoms with E-state index in [1.165, 1.54) is 5.56 Å². The van der Waals surface area contributed by atoms with Crippen LogP contribution in [0.2, 0.25) is 0 Å². The fourth-order valence-electron chi connectivity index (χ4n) is 2.67. The zero-order valence-electron chi connectivity index (χ0n) is 13.6. The molecule has 1 aromatic carbocycles. The molecule has 0 aliphatic carbocycles. The van der Waals surface area contributed by atoms with Crippen LogP contribution < -0.4 is 10.2 Å². The molecular formula is C17H22N4O2. The van der Waals surface area contributed by atoms with Gasteiger partial charge in [0.2, 0.25) is 0 Å². The van der Waals surface area contributed by atoms with Crippen molar-refractivity contribution in [3.63, 3.8) is 0 Å². The van der Waals surface area contributed by atoms with E-state index in [0.717, 1.165) is 36.8 Å². The molecule has 1 N–H and O–H groups in total. The zero-order valence-corrected chi connectivity index (χ0v) is 13.6. The Bertz CT molecular complexity index is 657. The molecule has 3 rings (SSSR count). The first-order valence-corrected chi connectivity index (χ1v) is 7.99. The monoisotopic (exact) mass is 314 g/mol. The molecule has 1 aromatic heterocycles. The minimum absolute atomic E-state index is 0.0507. The molecule has 0 saturated carbocycles. The molecule has 2 amide bonds. The lowest BCUT2D eigenvalue weighted by Crippen LogP contribution is -2.50. The zero-order chi connectivity index (χ0) is 16.2. The molecule has 0 radical (unpaired) electrons. The Morgan fingerprint density at radius 2 is 1.91 bits per heavy atom. The fourth-order valence-corrected chi connectivity index (χ4v) is 2.67. The van der Waals surface area contributed by atoms with Gasteiger partial charge in [-0.25, -0.2) is 4.79 Å². The number of amides is 2. The first kappa shape index (κ1) is 15.4. The molecule has 1 aliphatic rings.